The van der Waals surface area contributed by atoms with Gasteiger partial charge in [0.15, 0.2) is 0 Å². The van der Waals surface area contributed by atoms with E-state index in [-0.39, 0.29) is 6.61 Å². The first kappa shape index (κ1) is 14.4. The highest BCUT2D eigenvalue weighted by Gasteiger charge is 2.12. The lowest BCUT2D eigenvalue weighted by molar-refractivity contribution is 0.266. The SMILES string of the molecule is CCCCCCCCCOP(=O)(O)Cl. The van der Waals surface area contributed by atoms with Gasteiger partial charge in [0.1, 0.15) is 0 Å². The van der Waals surface area contributed by atoms with Crippen LogP contribution < -0.4 is 0 Å². The van der Waals surface area contributed by atoms with Crippen molar-refractivity contribution in [3.05, 3.63) is 0 Å². The Labute approximate surface area is 91.1 Å². The van der Waals surface area contributed by atoms with Crippen LogP contribution in [0.15, 0.2) is 0 Å². The summed E-state index contributed by atoms with van der Waals surface area (Å²) in [6.07, 6.45) is 8.09. The van der Waals surface area contributed by atoms with Crippen LogP contribution in [0.25, 0.3) is 0 Å². The van der Waals surface area contributed by atoms with Crippen LogP contribution in [-0.2, 0) is 9.09 Å². The monoisotopic (exact) mass is 242 g/mol. The van der Waals surface area contributed by atoms with Crippen LogP contribution in [0.2, 0.25) is 0 Å². The fourth-order valence-corrected chi connectivity index (χ4v) is 1.80. The second kappa shape index (κ2) is 8.72. The van der Waals surface area contributed by atoms with Crippen molar-refractivity contribution in [1.29, 1.82) is 0 Å². The predicted molar refractivity (Wildman–Crippen MR) is 59.6 cm³/mol. The van der Waals surface area contributed by atoms with Gasteiger partial charge in [0.05, 0.1) is 6.61 Å². The first-order valence-corrected chi connectivity index (χ1v) is 7.71. The van der Waals surface area contributed by atoms with Crippen molar-refractivity contribution in [1.82, 2.24) is 0 Å². The zero-order chi connectivity index (χ0) is 10.9. The summed E-state index contributed by atoms with van der Waals surface area (Å²) in [6.45, 7) is -1.29. The molecule has 1 unspecified atom stereocenters. The molecule has 86 valence electrons. The molecule has 0 saturated heterocycles. The van der Waals surface area contributed by atoms with Crippen molar-refractivity contribution in [3.8, 4) is 0 Å². The maximum atomic E-state index is 10.5. The van der Waals surface area contributed by atoms with E-state index >= 15 is 0 Å². The third kappa shape index (κ3) is 12.4. The van der Waals surface area contributed by atoms with Crippen LogP contribution in [0.3, 0.4) is 0 Å². The summed E-state index contributed by atoms with van der Waals surface area (Å²) in [4.78, 5) is 8.59. The zero-order valence-corrected chi connectivity index (χ0v) is 10.4. The lowest BCUT2D eigenvalue weighted by Gasteiger charge is -2.04. The molecular weight excluding hydrogens is 223 g/mol. The van der Waals surface area contributed by atoms with E-state index in [1.165, 1.54) is 32.1 Å². The Morgan fingerprint density at radius 3 is 2.14 bits per heavy atom. The highest BCUT2D eigenvalue weighted by Crippen LogP contribution is 2.47. The predicted octanol–water partition coefficient (Wildman–Crippen LogP) is 4.09. The van der Waals surface area contributed by atoms with Crippen LogP contribution in [0.1, 0.15) is 51.9 Å². The van der Waals surface area contributed by atoms with E-state index in [2.05, 4.69) is 11.4 Å². The van der Waals surface area contributed by atoms with Crippen LogP contribution >= 0.6 is 18.2 Å². The van der Waals surface area contributed by atoms with Crippen LogP contribution in [0.5, 0.6) is 0 Å². The van der Waals surface area contributed by atoms with Crippen molar-refractivity contribution in [3.63, 3.8) is 0 Å². The molecule has 0 amide bonds. The quantitative estimate of drug-likeness (QED) is 0.489. The molecule has 0 aromatic rings. The molecule has 0 radical (unpaired) electrons. The van der Waals surface area contributed by atoms with Crippen molar-refractivity contribution >= 4 is 18.2 Å². The molecule has 1 atom stereocenters. The molecule has 0 aliphatic heterocycles. The topological polar surface area (TPSA) is 46.5 Å². The first-order chi connectivity index (χ1) is 6.56. The largest absolute Gasteiger partial charge is 0.421 e. The van der Waals surface area contributed by atoms with Crippen molar-refractivity contribution < 1.29 is 14.0 Å². The zero-order valence-electron chi connectivity index (χ0n) is 8.75. The molecule has 0 aromatic carbocycles. The van der Waals surface area contributed by atoms with Crippen LogP contribution in [0.4, 0.5) is 0 Å². The Balaban J connectivity index is 3.03. The molecule has 14 heavy (non-hydrogen) atoms. The van der Waals surface area contributed by atoms with Crippen molar-refractivity contribution in [2.75, 3.05) is 6.61 Å². The molecule has 0 saturated carbocycles. The minimum Gasteiger partial charge on any atom is -0.313 e. The van der Waals surface area contributed by atoms with E-state index in [4.69, 9.17) is 16.1 Å². The van der Waals surface area contributed by atoms with Gasteiger partial charge in [0.2, 0.25) is 0 Å². The van der Waals surface area contributed by atoms with Gasteiger partial charge < -0.3 is 4.89 Å². The molecule has 0 aliphatic carbocycles. The Hall–Kier alpha value is 0.440. The normalized spacial score (nSPS) is 15.4. The highest BCUT2D eigenvalue weighted by molar-refractivity contribution is 7.80. The molecule has 0 spiro atoms. The Kier molecular flexibility index (Phi) is 9.00. The number of unbranched alkanes of at least 4 members (excludes halogenated alkanes) is 6. The Morgan fingerprint density at radius 1 is 1.14 bits per heavy atom. The van der Waals surface area contributed by atoms with Gasteiger partial charge >= 0.3 is 6.95 Å². The van der Waals surface area contributed by atoms with Crippen LogP contribution in [0, 0.1) is 0 Å². The minimum atomic E-state index is -3.76. The number of rotatable bonds is 9. The smallest absolute Gasteiger partial charge is 0.313 e. The fraction of sp³-hybridized carbons (Fsp3) is 1.00. The van der Waals surface area contributed by atoms with Gasteiger partial charge in [0, 0.05) is 11.2 Å². The van der Waals surface area contributed by atoms with Crippen molar-refractivity contribution in [2.45, 2.75) is 51.9 Å². The van der Waals surface area contributed by atoms with E-state index in [0.29, 0.717) is 0 Å². The molecule has 0 aromatic heterocycles. The van der Waals surface area contributed by atoms with Gasteiger partial charge in [-0.15, -0.1) is 0 Å². The summed E-state index contributed by atoms with van der Waals surface area (Å²) in [5.74, 6) is 0. The van der Waals surface area contributed by atoms with Gasteiger partial charge in [-0.25, -0.2) is 4.57 Å². The Morgan fingerprint density at radius 2 is 1.64 bits per heavy atom. The maximum Gasteiger partial charge on any atom is 0.421 e. The second-order valence-electron chi connectivity index (χ2n) is 3.41. The van der Waals surface area contributed by atoms with E-state index in [0.717, 1.165) is 12.8 Å². The summed E-state index contributed by atoms with van der Waals surface area (Å²) < 4.78 is 15.0. The molecule has 0 heterocycles. The van der Waals surface area contributed by atoms with Gasteiger partial charge in [0.25, 0.3) is 0 Å². The standard InChI is InChI=1S/C9H20ClO3P/c1-2-3-4-5-6-7-8-9-13-14(10,11)12/h2-9H2,1H3,(H,11,12). The second-order valence-corrected chi connectivity index (χ2v) is 5.85. The highest BCUT2D eigenvalue weighted by atomic mass is 35.7. The van der Waals surface area contributed by atoms with Gasteiger partial charge in [-0.1, -0.05) is 45.4 Å². The third-order valence-corrected chi connectivity index (χ3v) is 2.79. The molecule has 0 fully saturated rings. The molecule has 0 rings (SSSR count). The van der Waals surface area contributed by atoms with E-state index in [9.17, 15) is 4.57 Å². The summed E-state index contributed by atoms with van der Waals surface area (Å²) in [7, 11) is 0. The molecule has 0 aliphatic rings. The molecule has 5 heteroatoms. The van der Waals surface area contributed by atoms with Crippen LogP contribution in [-0.4, -0.2) is 11.5 Å². The molecule has 0 bridgehead atoms. The third-order valence-electron chi connectivity index (χ3n) is 2.00. The first-order valence-electron chi connectivity index (χ1n) is 5.23. The summed E-state index contributed by atoms with van der Waals surface area (Å²) in [6, 6.07) is 0. The molecular formula is C9H20ClO3P. The lowest BCUT2D eigenvalue weighted by atomic mass is 10.1. The fourth-order valence-electron chi connectivity index (χ4n) is 1.24. The van der Waals surface area contributed by atoms with E-state index < -0.39 is 6.95 Å². The number of hydrogen-bond donors (Lipinski definition) is 1. The van der Waals surface area contributed by atoms with Gasteiger partial charge in [-0.05, 0) is 6.42 Å². The van der Waals surface area contributed by atoms with Gasteiger partial charge in [-0.3, -0.25) is 4.52 Å². The summed E-state index contributed by atoms with van der Waals surface area (Å²) in [5.41, 5.74) is 0. The minimum absolute atomic E-state index is 0.283. The summed E-state index contributed by atoms with van der Waals surface area (Å²) >= 11 is 5.00. The molecule has 3 nitrogen and oxygen atoms in total. The van der Waals surface area contributed by atoms with Crippen molar-refractivity contribution in [2.24, 2.45) is 0 Å². The summed E-state index contributed by atoms with van der Waals surface area (Å²) in [5, 5.41) is 0. The number of halogens is 1. The average molecular weight is 243 g/mol. The average Bonchev–Trinajstić information content (AvgIpc) is 2.08. The van der Waals surface area contributed by atoms with E-state index in [1.54, 1.807) is 0 Å². The Bertz CT molecular complexity index is 169. The van der Waals surface area contributed by atoms with E-state index in [1.807, 2.05) is 0 Å². The maximum absolute atomic E-state index is 10.5. The molecule has 1 N–H and O–H groups in total. The number of hydrogen-bond acceptors (Lipinski definition) is 2. The van der Waals surface area contributed by atoms with Gasteiger partial charge in [-0.2, -0.15) is 0 Å². The lowest BCUT2D eigenvalue weighted by Crippen LogP contribution is -1.89.